The lowest BCUT2D eigenvalue weighted by Gasteiger charge is -2.24. The summed E-state index contributed by atoms with van der Waals surface area (Å²) in [6.45, 7) is 0.813. The van der Waals surface area contributed by atoms with E-state index in [1.807, 2.05) is 0 Å². The third kappa shape index (κ3) is 4.63. The van der Waals surface area contributed by atoms with Crippen LogP contribution in [0.4, 0.5) is 0 Å². The summed E-state index contributed by atoms with van der Waals surface area (Å²) in [7, 11) is 1.74. The van der Waals surface area contributed by atoms with Gasteiger partial charge in [0.15, 0.2) is 0 Å². The minimum absolute atomic E-state index is 0.364. The third-order valence-electron chi connectivity index (χ3n) is 3.05. The van der Waals surface area contributed by atoms with Crippen LogP contribution in [0.1, 0.15) is 44.9 Å². The molecule has 0 radical (unpaired) electrons. The zero-order valence-electron chi connectivity index (χ0n) is 8.80. The van der Waals surface area contributed by atoms with Crippen LogP contribution in [-0.2, 0) is 4.74 Å². The normalized spacial score (nSPS) is 21.7. The van der Waals surface area contributed by atoms with Crippen molar-refractivity contribution in [2.75, 3.05) is 13.7 Å². The third-order valence-corrected chi connectivity index (χ3v) is 3.05. The summed E-state index contributed by atoms with van der Waals surface area (Å²) in [5, 5.41) is 0. The van der Waals surface area contributed by atoms with Gasteiger partial charge in [0.2, 0.25) is 0 Å². The highest BCUT2D eigenvalue weighted by Crippen LogP contribution is 2.27. The molecule has 78 valence electrons. The lowest BCUT2D eigenvalue weighted by atomic mass is 9.84. The van der Waals surface area contributed by atoms with Gasteiger partial charge < -0.3 is 10.5 Å². The zero-order chi connectivity index (χ0) is 9.52. The highest BCUT2D eigenvalue weighted by Gasteiger charge is 2.16. The van der Waals surface area contributed by atoms with Crippen LogP contribution in [0, 0.1) is 5.92 Å². The number of methoxy groups -OCH3 is 1. The molecule has 1 aliphatic rings. The van der Waals surface area contributed by atoms with Gasteiger partial charge in [-0.05, 0) is 18.8 Å². The Bertz CT molecular complexity index is 121. The van der Waals surface area contributed by atoms with E-state index in [1.54, 1.807) is 7.11 Å². The Kier molecular flexibility index (Phi) is 5.40. The molecule has 13 heavy (non-hydrogen) atoms. The summed E-state index contributed by atoms with van der Waals surface area (Å²) in [5.41, 5.74) is 6.01. The molecule has 0 amide bonds. The molecule has 0 aliphatic heterocycles. The van der Waals surface area contributed by atoms with Crippen molar-refractivity contribution >= 4 is 0 Å². The van der Waals surface area contributed by atoms with Crippen molar-refractivity contribution in [3.63, 3.8) is 0 Å². The smallest absolute Gasteiger partial charge is 0.0477 e. The molecule has 0 spiro atoms. The predicted molar refractivity (Wildman–Crippen MR) is 55.7 cm³/mol. The first-order valence-corrected chi connectivity index (χ1v) is 5.57. The molecule has 1 fully saturated rings. The second-order valence-corrected chi connectivity index (χ2v) is 4.28. The molecule has 0 aromatic carbocycles. The Hall–Kier alpha value is -0.0800. The summed E-state index contributed by atoms with van der Waals surface area (Å²) < 4.78 is 5.02. The number of hydrogen-bond acceptors (Lipinski definition) is 2. The average Bonchev–Trinajstić information content (AvgIpc) is 2.16. The van der Waals surface area contributed by atoms with Gasteiger partial charge in [-0.15, -0.1) is 0 Å². The fraction of sp³-hybridized carbons (Fsp3) is 1.00. The quantitative estimate of drug-likeness (QED) is 0.713. The largest absolute Gasteiger partial charge is 0.385 e. The SMILES string of the molecule is COCCC(N)CC1CCCCC1. The van der Waals surface area contributed by atoms with Crippen LogP contribution in [0.25, 0.3) is 0 Å². The number of hydrogen-bond donors (Lipinski definition) is 1. The van der Waals surface area contributed by atoms with E-state index in [2.05, 4.69) is 0 Å². The fourth-order valence-electron chi connectivity index (χ4n) is 2.24. The number of nitrogens with two attached hydrogens (primary N) is 1. The maximum Gasteiger partial charge on any atom is 0.0477 e. The molecule has 1 atom stereocenters. The van der Waals surface area contributed by atoms with Gasteiger partial charge in [0, 0.05) is 19.8 Å². The van der Waals surface area contributed by atoms with E-state index in [0.717, 1.165) is 18.9 Å². The molecular formula is C11H23NO. The van der Waals surface area contributed by atoms with E-state index < -0.39 is 0 Å². The molecule has 0 aromatic rings. The molecule has 0 heterocycles. The lowest BCUT2D eigenvalue weighted by molar-refractivity contribution is 0.181. The van der Waals surface area contributed by atoms with Gasteiger partial charge in [-0.2, -0.15) is 0 Å². The standard InChI is InChI=1S/C11H23NO/c1-13-8-7-11(12)9-10-5-3-2-4-6-10/h10-11H,2-9,12H2,1H3. The van der Waals surface area contributed by atoms with Gasteiger partial charge in [0.25, 0.3) is 0 Å². The van der Waals surface area contributed by atoms with Crippen molar-refractivity contribution in [1.29, 1.82) is 0 Å². The van der Waals surface area contributed by atoms with Gasteiger partial charge in [-0.1, -0.05) is 32.1 Å². The molecule has 2 nitrogen and oxygen atoms in total. The van der Waals surface area contributed by atoms with Crippen LogP contribution in [0.2, 0.25) is 0 Å². The summed E-state index contributed by atoms with van der Waals surface area (Å²) in [5.74, 6) is 0.903. The van der Waals surface area contributed by atoms with Crippen LogP contribution < -0.4 is 5.73 Å². The molecule has 1 saturated carbocycles. The van der Waals surface area contributed by atoms with E-state index >= 15 is 0 Å². The second kappa shape index (κ2) is 6.39. The average molecular weight is 185 g/mol. The molecule has 2 heteroatoms. The van der Waals surface area contributed by atoms with E-state index in [0.29, 0.717) is 6.04 Å². The number of ether oxygens (including phenoxy) is 1. The first-order valence-electron chi connectivity index (χ1n) is 5.57. The summed E-state index contributed by atoms with van der Waals surface area (Å²) in [6, 6.07) is 0.364. The van der Waals surface area contributed by atoms with Crippen LogP contribution in [0.15, 0.2) is 0 Å². The van der Waals surface area contributed by atoms with Crippen molar-refractivity contribution < 1.29 is 4.74 Å². The minimum atomic E-state index is 0.364. The van der Waals surface area contributed by atoms with Crippen molar-refractivity contribution in [3.05, 3.63) is 0 Å². The summed E-state index contributed by atoms with van der Waals surface area (Å²) in [6.07, 6.45) is 9.31. The zero-order valence-corrected chi connectivity index (χ0v) is 8.80. The van der Waals surface area contributed by atoms with E-state index in [9.17, 15) is 0 Å². The Balaban J connectivity index is 2.07. The van der Waals surface area contributed by atoms with E-state index in [-0.39, 0.29) is 0 Å². The van der Waals surface area contributed by atoms with E-state index in [1.165, 1.54) is 38.5 Å². The first kappa shape index (κ1) is 11.0. The maximum absolute atomic E-state index is 6.01. The number of rotatable bonds is 5. The predicted octanol–water partition coefficient (Wildman–Crippen LogP) is 2.32. The monoisotopic (exact) mass is 185 g/mol. The molecular weight excluding hydrogens is 162 g/mol. The van der Waals surface area contributed by atoms with Gasteiger partial charge in [0.1, 0.15) is 0 Å². The Morgan fingerprint density at radius 3 is 2.62 bits per heavy atom. The van der Waals surface area contributed by atoms with Crippen LogP contribution in [-0.4, -0.2) is 19.8 Å². The van der Waals surface area contributed by atoms with Crippen LogP contribution in [0.3, 0.4) is 0 Å². The highest BCUT2D eigenvalue weighted by molar-refractivity contribution is 4.71. The lowest BCUT2D eigenvalue weighted by Crippen LogP contribution is -2.26. The molecule has 0 bridgehead atoms. The molecule has 1 unspecified atom stereocenters. The molecule has 0 saturated heterocycles. The molecule has 1 aliphatic carbocycles. The van der Waals surface area contributed by atoms with Crippen molar-refractivity contribution in [2.45, 2.75) is 51.0 Å². The van der Waals surface area contributed by atoms with Gasteiger partial charge in [-0.25, -0.2) is 0 Å². The van der Waals surface area contributed by atoms with Crippen molar-refractivity contribution in [3.8, 4) is 0 Å². The van der Waals surface area contributed by atoms with Gasteiger partial charge >= 0.3 is 0 Å². The van der Waals surface area contributed by atoms with E-state index in [4.69, 9.17) is 10.5 Å². The molecule has 1 rings (SSSR count). The van der Waals surface area contributed by atoms with Crippen LogP contribution >= 0.6 is 0 Å². The maximum atomic E-state index is 6.01. The minimum Gasteiger partial charge on any atom is -0.385 e. The fourth-order valence-corrected chi connectivity index (χ4v) is 2.24. The second-order valence-electron chi connectivity index (χ2n) is 4.28. The Labute approximate surface area is 81.8 Å². The first-order chi connectivity index (χ1) is 6.33. The highest BCUT2D eigenvalue weighted by atomic mass is 16.5. The van der Waals surface area contributed by atoms with Crippen molar-refractivity contribution in [2.24, 2.45) is 11.7 Å². The Morgan fingerprint density at radius 2 is 2.00 bits per heavy atom. The Morgan fingerprint density at radius 1 is 1.31 bits per heavy atom. The van der Waals surface area contributed by atoms with Gasteiger partial charge in [-0.3, -0.25) is 0 Å². The topological polar surface area (TPSA) is 35.2 Å². The summed E-state index contributed by atoms with van der Waals surface area (Å²) in [4.78, 5) is 0. The van der Waals surface area contributed by atoms with Gasteiger partial charge in [0.05, 0.1) is 0 Å². The summed E-state index contributed by atoms with van der Waals surface area (Å²) >= 11 is 0. The van der Waals surface area contributed by atoms with Crippen molar-refractivity contribution in [1.82, 2.24) is 0 Å². The molecule has 0 aromatic heterocycles. The molecule has 2 N–H and O–H groups in total. The van der Waals surface area contributed by atoms with Crippen LogP contribution in [0.5, 0.6) is 0 Å².